The molecule has 0 saturated heterocycles. The molecule has 0 aromatic heterocycles. The summed E-state index contributed by atoms with van der Waals surface area (Å²) < 4.78 is 43.7. The molecule has 0 bridgehead atoms. The van der Waals surface area contributed by atoms with Crippen molar-refractivity contribution in [3.63, 3.8) is 0 Å². The topological polar surface area (TPSA) is 35.2 Å². The van der Waals surface area contributed by atoms with Gasteiger partial charge in [-0.05, 0) is 12.1 Å². The molecule has 0 heterocycles. The molecule has 0 amide bonds. The van der Waals surface area contributed by atoms with Crippen LogP contribution >= 0.6 is 11.6 Å². The standard InChI is InChI=1S/C15H13ClF3NO/c16-12-7-3-1-5-10(12)9-21-13-8-4-2-6-11(13)14(20)15(17,18)19/h1-8,14H,9,20H2/t14-/m0/s1. The van der Waals surface area contributed by atoms with Crippen LogP contribution in [0.4, 0.5) is 13.2 Å². The van der Waals surface area contributed by atoms with Crippen LogP contribution in [0.5, 0.6) is 5.75 Å². The largest absolute Gasteiger partial charge is 0.489 e. The maximum atomic E-state index is 12.7. The smallest absolute Gasteiger partial charge is 0.407 e. The third kappa shape index (κ3) is 3.89. The van der Waals surface area contributed by atoms with E-state index < -0.39 is 12.2 Å². The van der Waals surface area contributed by atoms with E-state index in [0.29, 0.717) is 10.6 Å². The number of benzene rings is 2. The van der Waals surface area contributed by atoms with Gasteiger partial charge in [-0.2, -0.15) is 13.2 Å². The first-order chi connectivity index (χ1) is 9.89. The zero-order valence-corrected chi connectivity index (χ0v) is 11.7. The molecular formula is C15H13ClF3NO. The molecule has 0 radical (unpaired) electrons. The van der Waals surface area contributed by atoms with Crippen LogP contribution in [0.15, 0.2) is 48.5 Å². The third-order valence-electron chi connectivity index (χ3n) is 2.95. The van der Waals surface area contributed by atoms with E-state index in [1.807, 2.05) is 0 Å². The maximum Gasteiger partial charge on any atom is 0.407 e. The Balaban J connectivity index is 2.20. The lowest BCUT2D eigenvalue weighted by Gasteiger charge is -2.19. The van der Waals surface area contributed by atoms with E-state index in [0.717, 1.165) is 0 Å². The van der Waals surface area contributed by atoms with Crippen molar-refractivity contribution in [2.24, 2.45) is 5.73 Å². The number of hydrogen-bond acceptors (Lipinski definition) is 2. The van der Waals surface area contributed by atoms with Crippen LogP contribution in [0.2, 0.25) is 5.02 Å². The molecule has 0 unspecified atom stereocenters. The van der Waals surface area contributed by atoms with Gasteiger partial charge >= 0.3 is 6.18 Å². The van der Waals surface area contributed by atoms with E-state index in [2.05, 4.69) is 0 Å². The van der Waals surface area contributed by atoms with Crippen molar-refractivity contribution in [1.82, 2.24) is 0 Å². The molecule has 1 atom stereocenters. The zero-order chi connectivity index (χ0) is 15.5. The third-order valence-corrected chi connectivity index (χ3v) is 3.32. The van der Waals surface area contributed by atoms with Gasteiger partial charge < -0.3 is 10.5 Å². The lowest BCUT2D eigenvalue weighted by atomic mass is 10.1. The fourth-order valence-electron chi connectivity index (χ4n) is 1.82. The lowest BCUT2D eigenvalue weighted by Crippen LogP contribution is -2.28. The summed E-state index contributed by atoms with van der Waals surface area (Å²) in [6.45, 7) is 0.0707. The first kappa shape index (κ1) is 15.7. The van der Waals surface area contributed by atoms with Gasteiger partial charge in [0.05, 0.1) is 0 Å². The van der Waals surface area contributed by atoms with E-state index in [9.17, 15) is 13.2 Å². The summed E-state index contributed by atoms with van der Waals surface area (Å²) in [5.74, 6) is 0.0993. The predicted octanol–water partition coefficient (Wildman–Crippen LogP) is 4.48. The van der Waals surface area contributed by atoms with Crippen molar-refractivity contribution in [1.29, 1.82) is 0 Å². The maximum absolute atomic E-state index is 12.7. The molecule has 0 spiro atoms. The van der Waals surface area contributed by atoms with Gasteiger partial charge in [0.15, 0.2) is 0 Å². The number of ether oxygens (including phenoxy) is 1. The number of para-hydroxylation sites is 1. The van der Waals surface area contributed by atoms with Gasteiger partial charge in [-0.1, -0.05) is 48.0 Å². The molecule has 2 aromatic carbocycles. The fraction of sp³-hybridized carbons (Fsp3) is 0.200. The van der Waals surface area contributed by atoms with Gasteiger partial charge in [0.1, 0.15) is 18.4 Å². The van der Waals surface area contributed by atoms with Gasteiger partial charge in [-0.15, -0.1) is 0 Å². The summed E-state index contributed by atoms with van der Waals surface area (Å²) >= 11 is 5.98. The Labute approximate surface area is 125 Å². The summed E-state index contributed by atoms with van der Waals surface area (Å²) in [5, 5.41) is 0.495. The van der Waals surface area contributed by atoms with Crippen molar-refractivity contribution in [2.45, 2.75) is 18.8 Å². The lowest BCUT2D eigenvalue weighted by molar-refractivity contribution is -0.149. The Bertz CT molecular complexity index is 616. The average molecular weight is 316 g/mol. The van der Waals surface area contributed by atoms with Gasteiger partial charge in [0.25, 0.3) is 0 Å². The molecule has 2 nitrogen and oxygen atoms in total. The minimum atomic E-state index is -4.52. The molecule has 0 saturated carbocycles. The van der Waals surface area contributed by atoms with Crippen molar-refractivity contribution in [3.05, 3.63) is 64.7 Å². The molecule has 0 fully saturated rings. The molecule has 2 N–H and O–H groups in total. The van der Waals surface area contributed by atoms with Crippen LogP contribution < -0.4 is 10.5 Å². The molecule has 2 rings (SSSR count). The number of hydrogen-bond donors (Lipinski definition) is 1. The Hall–Kier alpha value is -1.72. The quantitative estimate of drug-likeness (QED) is 0.902. The van der Waals surface area contributed by atoms with E-state index in [1.54, 1.807) is 30.3 Å². The second-order valence-electron chi connectivity index (χ2n) is 4.44. The normalized spacial score (nSPS) is 13.0. The Kier molecular flexibility index (Phi) is 4.75. The second kappa shape index (κ2) is 6.37. The Morgan fingerprint density at radius 3 is 2.33 bits per heavy atom. The second-order valence-corrected chi connectivity index (χ2v) is 4.84. The average Bonchev–Trinajstić information content (AvgIpc) is 2.45. The molecule has 21 heavy (non-hydrogen) atoms. The van der Waals surface area contributed by atoms with Crippen LogP contribution in [0.25, 0.3) is 0 Å². The summed E-state index contributed by atoms with van der Waals surface area (Å²) in [6.07, 6.45) is -4.52. The highest BCUT2D eigenvalue weighted by atomic mass is 35.5. The van der Waals surface area contributed by atoms with Crippen molar-refractivity contribution >= 4 is 11.6 Å². The molecule has 0 aliphatic rings. The van der Waals surface area contributed by atoms with Crippen molar-refractivity contribution in [3.8, 4) is 5.75 Å². The summed E-state index contributed by atoms with van der Waals surface area (Å²) in [6, 6.07) is 10.7. The number of nitrogens with two attached hydrogens (primary N) is 1. The van der Waals surface area contributed by atoms with Crippen LogP contribution in [0, 0.1) is 0 Å². The minimum absolute atomic E-state index is 0.0707. The van der Waals surface area contributed by atoms with Gasteiger partial charge in [-0.3, -0.25) is 0 Å². The first-order valence-electron chi connectivity index (χ1n) is 6.17. The van der Waals surface area contributed by atoms with Gasteiger partial charge in [-0.25, -0.2) is 0 Å². The van der Waals surface area contributed by atoms with E-state index in [4.69, 9.17) is 22.1 Å². The van der Waals surface area contributed by atoms with Gasteiger partial charge in [0.2, 0.25) is 0 Å². The van der Waals surface area contributed by atoms with Crippen molar-refractivity contribution < 1.29 is 17.9 Å². The van der Waals surface area contributed by atoms with Crippen molar-refractivity contribution in [2.75, 3.05) is 0 Å². The van der Waals surface area contributed by atoms with Crippen LogP contribution in [0.1, 0.15) is 17.2 Å². The first-order valence-corrected chi connectivity index (χ1v) is 6.55. The SMILES string of the molecule is N[C@@H](c1ccccc1OCc1ccccc1Cl)C(F)(F)F. The summed E-state index contributed by atoms with van der Waals surface area (Å²) in [4.78, 5) is 0. The predicted molar refractivity (Wildman–Crippen MR) is 75.2 cm³/mol. The Morgan fingerprint density at radius 2 is 1.67 bits per heavy atom. The highest BCUT2D eigenvalue weighted by Gasteiger charge is 2.39. The van der Waals surface area contributed by atoms with Crippen LogP contribution in [-0.2, 0) is 6.61 Å². The number of alkyl halides is 3. The van der Waals surface area contributed by atoms with E-state index in [1.165, 1.54) is 18.2 Å². The highest BCUT2D eigenvalue weighted by molar-refractivity contribution is 6.31. The molecule has 112 valence electrons. The number of rotatable bonds is 4. The van der Waals surface area contributed by atoms with Crippen LogP contribution in [-0.4, -0.2) is 6.18 Å². The summed E-state index contributed by atoms with van der Waals surface area (Å²) in [7, 11) is 0. The molecule has 2 aromatic rings. The molecular weight excluding hydrogens is 303 g/mol. The molecule has 0 aliphatic heterocycles. The molecule has 6 heteroatoms. The fourth-order valence-corrected chi connectivity index (χ4v) is 2.01. The highest BCUT2D eigenvalue weighted by Crippen LogP contribution is 2.35. The van der Waals surface area contributed by atoms with Gasteiger partial charge in [0, 0.05) is 16.1 Å². The number of halogens is 4. The zero-order valence-electron chi connectivity index (χ0n) is 10.9. The van der Waals surface area contributed by atoms with E-state index >= 15 is 0 Å². The van der Waals surface area contributed by atoms with Crippen LogP contribution in [0.3, 0.4) is 0 Å². The minimum Gasteiger partial charge on any atom is -0.489 e. The van der Waals surface area contributed by atoms with E-state index in [-0.39, 0.29) is 17.9 Å². The Morgan fingerprint density at radius 1 is 1.05 bits per heavy atom. The summed E-state index contributed by atoms with van der Waals surface area (Å²) in [5.41, 5.74) is 5.83. The molecule has 0 aliphatic carbocycles. The monoisotopic (exact) mass is 315 g/mol.